The van der Waals surface area contributed by atoms with E-state index in [1.54, 1.807) is 0 Å². The summed E-state index contributed by atoms with van der Waals surface area (Å²) in [6.45, 7) is 9.13. The van der Waals surface area contributed by atoms with E-state index in [1.807, 2.05) is 11.8 Å². The fourth-order valence-electron chi connectivity index (χ4n) is 3.43. The highest BCUT2D eigenvalue weighted by atomic mass is 32.2. The molecular weight excluding hydrogens is 240 g/mol. The number of rotatable bonds is 5. The van der Waals surface area contributed by atoms with Crippen LogP contribution in [0.25, 0.3) is 0 Å². The first kappa shape index (κ1) is 14.2. The maximum Gasteiger partial charge on any atom is 0.156 e. The molecule has 1 aliphatic carbocycles. The predicted octanol–water partition coefficient (Wildman–Crippen LogP) is 4.06. The fourth-order valence-corrected chi connectivity index (χ4v) is 4.37. The van der Waals surface area contributed by atoms with E-state index in [9.17, 15) is 0 Å². The van der Waals surface area contributed by atoms with Crippen LogP contribution in [0.4, 0.5) is 0 Å². The molecule has 1 N–H and O–H groups in total. The van der Waals surface area contributed by atoms with Crippen molar-refractivity contribution in [3.63, 3.8) is 0 Å². The summed E-state index contributed by atoms with van der Waals surface area (Å²) in [5, 5.41) is 5.57. The van der Waals surface area contributed by atoms with E-state index in [-0.39, 0.29) is 0 Å². The summed E-state index contributed by atoms with van der Waals surface area (Å²) in [5.41, 5.74) is 0.557. The van der Waals surface area contributed by atoms with Crippen LogP contribution in [0.15, 0.2) is 4.99 Å². The number of aliphatic imine (C=N–C) groups is 1. The Labute approximate surface area is 116 Å². The van der Waals surface area contributed by atoms with Crippen molar-refractivity contribution in [1.29, 1.82) is 0 Å². The highest BCUT2D eigenvalue weighted by Gasteiger charge is 2.34. The lowest BCUT2D eigenvalue weighted by atomic mass is 9.78. The maximum absolute atomic E-state index is 4.63. The van der Waals surface area contributed by atoms with E-state index < -0.39 is 0 Å². The van der Waals surface area contributed by atoms with Gasteiger partial charge in [0, 0.05) is 11.8 Å². The monoisotopic (exact) mass is 268 g/mol. The molecule has 0 spiro atoms. The molecule has 1 saturated carbocycles. The number of nitrogens with zero attached hydrogens (tertiary/aromatic N) is 1. The first-order valence-corrected chi connectivity index (χ1v) is 8.46. The lowest BCUT2D eigenvalue weighted by molar-refractivity contribution is 0.236. The van der Waals surface area contributed by atoms with E-state index in [1.165, 1.54) is 43.7 Å². The van der Waals surface area contributed by atoms with Crippen molar-refractivity contribution >= 4 is 16.9 Å². The molecule has 2 aliphatic rings. The molecule has 0 saturated heterocycles. The summed E-state index contributed by atoms with van der Waals surface area (Å²) in [7, 11) is 0. The molecule has 2 nitrogen and oxygen atoms in total. The number of nitrogens with one attached hydrogen (secondary N) is 1. The third-order valence-electron chi connectivity index (χ3n) is 4.29. The molecular formula is C15H28N2S. The molecule has 1 unspecified atom stereocenters. The van der Waals surface area contributed by atoms with E-state index in [2.05, 4.69) is 31.1 Å². The predicted molar refractivity (Wildman–Crippen MR) is 82.3 cm³/mol. The topological polar surface area (TPSA) is 24.4 Å². The Morgan fingerprint density at radius 3 is 2.67 bits per heavy atom. The Morgan fingerprint density at radius 1 is 1.39 bits per heavy atom. The van der Waals surface area contributed by atoms with Crippen molar-refractivity contribution in [2.75, 3.05) is 13.1 Å². The van der Waals surface area contributed by atoms with Crippen molar-refractivity contribution in [3.05, 3.63) is 0 Å². The zero-order chi connectivity index (χ0) is 13.0. The van der Waals surface area contributed by atoms with Crippen molar-refractivity contribution in [2.24, 2.45) is 16.3 Å². The van der Waals surface area contributed by atoms with E-state index in [0.29, 0.717) is 5.41 Å². The van der Waals surface area contributed by atoms with Gasteiger partial charge in [-0.3, -0.25) is 4.99 Å². The second-order valence-electron chi connectivity index (χ2n) is 6.45. The first-order chi connectivity index (χ1) is 8.63. The highest BCUT2D eigenvalue weighted by Crippen LogP contribution is 2.42. The molecule has 0 aromatic carbocycles. The molecule has 0 radical (unpaired) electrons. The maximum atomic E-state index is 4.63. The third-order valence-corrected chi connectivity index (χ3v) is 5.60. The van der Waals surface area contributed by atoms with Gasteiger partial charge in [-0.15, -0.1) is 0 Å². The molecule has 1 aliphatic heterocycles. The zero-order valence-corrected chi connectivity index (χ0v) is 13.0. The number of thioether (sulfide) groups is 1. The summed E-state index contributed by atoms with van der Waals surface area (Å²) in [5.74, 6) is 0.812. The number of hydrogen-bond acceptors (Lipinski definition) is 3. The van der Waals surface area contributed by atoms with Crippen LogP contribution in [0.3, 0.4) is 0 Å². The summed E-state index contributed by atoms with van der Waals surface area (Å²) < 4.78 is 0. The second kappa shape index (κ2) is 6.31. The van der Waals surface area contributed by atoms with Crippen LogP contribution in [0.5, 0.6) is 0 Å². The highest BCUT2D eigenvalue weighted by molar-refractivity contribution is 8.14. The van der Waals surface area contributed by atoms with Gasteiger partial charge in [0.05, 0.1) is 6.54 Å². The van der Waals surface area contributed by atoms with Gasteiger partial charge in [0.2, 0.25) is 0 Å². The Balaban J connectivity index is 1.83. The normalized spacial score (nSPS) is 26.7. The largest absolute Gasteiger partial charge is 0.364 e. The van der Waals surface area contributed by atoms with Crippen molar-refractivity contribution in [1.82, 2.24) is 5.32 Å². The summed E-state index contributed by atoms with van der Waals surface area (Å²) in [4.78, 5) is 4.63. The molecule has 1 heterocycles. The SMILES string of the molecule is CCC1CN=C(NCC2(CC(C)C)CCCC2)S1. The average Bonchev–Trinajstić information content (AvgIpc) is 2.95. The summed E-state index contributed by atoms with van der Waals surface area (Å²) in [6.07, 6.45) is 8.27. The molecule has 104 valence electrons. The van der Waals surface area contributed by atoms with Crippen LogP contribution in [-0.4, -0.2) is 23.5 Å². The van der Waals surface area contributed by atoms with Crippen LogP contribution in [0.2, 0.25) is 0 Å². The van der Waals surface area contributed by atoms with E-state index in [0.717, 1.165) is 24.3 Å². The van der Waals surface area contributed by atoms with Crippen LogP contribution in [0.1, 0.15) is 59.3 Å². The van der Waals surface area contributed by atoms with Crippen LogP contribution < -0.4 is 5.32 Å². The minimum absolute atomic E-state index is 0.557. The van der Waals surface area contributed by atoms with Crippen LogP contribution >= 0.6 is 11.8 Å². The van der Waals surface area contributed by atoms with Gasteiger partial charge in [-0.1, -0.05) is 45.4 Å². The molecule has 1 fully saturated rings. The average molecular weight is 268 g/mol. The smallest absolute Gasteiger partial charge is 0.156 e. The van der Waals surface area contributed by atoms with Gasteiger partial charge in [0.25, 0.3) is 0 Å². The third kappa shape index (κ3) is 3.66. The van der Waals surface area contributed by atoms with Gasteiger partial charge >= 0.3 is 0 Å². The van der Waals surface area contributed by atoms with E-state index in [4.69, 9.17) is 0 Å². The second-order valence-corrected chi connectivity index (χ2v) is 7.74. The fraction of sp³-hybridized carbons (Fsp3) is 0.933. The Kier molecular flexibility index (Phi) is 4.99. The van der Waals surface area contributed by atoms with Gasteiger partial charge in [-0.05, 0) is 37.0 Å². The quantitative estimate of drug-likeness (QED) is 0.813. The summed E-state index contributed by atoms with van der Waals surface area (Å²) in [6, 6.07) is 0. The molecule has 0 bridgehead atoms. The minimum atomic E-state index is 0.557. The van der Waals surface area contributed by atoms with Gasteiger partial charge in [-0.2, -0.15) is 0 Å². The minimum Gasteiger partial charge on any atom is -0.364 e. The van der Waals surface area contributed by atoms with Gasteiger partial charge in [0.1, 0.15) is 0 Å². The van der Waals surface area contributed by atoms with Crippen LogP contribution in [0, 0.1) is 11.3 Å². The zero-order valence-electron chi connectivity index (χ0n) is 12.2. The van der Waals surface area contributed by atoms with Gasteiger partial charge < -0.3 is 5.32 Å². The van der Waals surface area contributed by atoms with Gasteiger partial charge in [0.15, 0.2) is 5.17 Å². The Morgan fingerprint density at radius 2 is 2.11 bits per heavy atom. The lowest BCUT2D eigenvalue weighted by Gasteiger charge is -2.31. The van der Waals surface area contributed by atoms with E-state index >= 15 is 0 Å². The lowest BCUT2D eigenvalue weighted by Crippen LogP contribution is -2.35. The molecule has 0 aromatic heterocycles. The molecule has 0 aromatic rings. The molecule has 18 heavy (non-hydrogen) atoms. The molecule has 2 rings (SSSR count). The van der Waals surface area contributed by atoms with Gasteiger partial charge in [-0.25, -0.2) is 0 Å². The Hall–Kier alpha value is -0.180. The molecule has 1 atom stereocenters. The Bertz CT molecular complexity index is 293. The number of hydrogen-bond donors (Lipinski definition) is 1. The molecule has 0 amide bonds. The number of amidine groups is 1. The first-order valence-electron chi connectivity index (χ1n) is 7.58. The van der Waals surface area contributed by atoms with Crippen molar-refractivity contribution < 1.29 is 0 Å². The van der Waals surface area contributed by atoms with Crippen molar-refractivity contribution in [3.8, 4) is 0 Å². The standard InChI is InChI=1S/C15H28N2S/c1-4-13-10-16-14(18-13)17-11-15(9-12(2)3)7-5-6-8-15/h12-13H,4-11H2,1-3H3,(H,16,17). The summed E-state index contributed by atoms with van der Waals surface area (Å²) >= 11 is 1.95. The van der Waals surface area contributed by atoms with Crippen LogP contribution in [-0.2, 0) is 0 Å². The molecule has 3 heteroatoms. The van der Waals surface area contributed by atoms with Crippen molar-refractivity contribution in [2.45, 2.75) is 64.5 Å².